The van der Waals surface area contributed by atoms with Crippen LogP contribution in [0.15, 0.2) is 60.7 Å². The maximum absolute atomic E-state index is 11.1. The third kappa shape index (κ3) is 12.0. The molecular formula is C21H26ClNO3. The van der Waals surface area contributed by atoms with Gasteiger partial charge in [0.25, 0.3) is 0 Å². The highest BCUT2D eigenvalue weighted by molar-refractivity contribution is 6.63. The smallest absolute Gasteiger partial charge is 0.221 e. The molecule has 5 heteroatoms. The van der Waals surface area contributed by atoms with E-state index >= 15 is 0 Å². The van der Waals surface area contributed by atoms with Crippen molar-refractivity contribution in [1.29, 1.82) is 0 Å². The Morgan fingerprint density at radius 1 is 0.846 bits per heavy atom. The van der Waals surface area contributed by atoms with Crippen molar-refractivity contribution in [2.24, 2.45) is 0 Å². The molecule has 26 heavy (non-hydrogen) atoms. The number of nitrogens with one attached hydrogen (secondary N) is 1. The lowest BCUT2D eigenvalue weighted by atomic mass is 10.1. The van der Waals surface area contributed by atoms with Crippen LogP contribution in [0.4, 0.5) is 0 Å². The van der Waals surface area contributed by atoms with E-state index in [1.807, 2.05) is 60.7 Å². The second-order valence-electron chi connectivity index (χ2n) is 5.30. The second kappa shape index (κ2) is 14.8. The molecule has 0 fully saturated rings. The van der Waals surface area contributed by atoms with Gasteiger partial charge in [-0.05, 0) is 35.6 Å². The minimum absolute atomic E-state index is 0. The van der Waals surface area contributed by atoms with Crippen LogP contribution in [0.1, 0.15) is 31.4 Å². The molecule has 0 bridgehead atoms. The van der Waals surface area contributed by atoms with Crippen molar-refractivity contribution >= 4 is 29.0 Å². The Hall–Kier alpha value is -2.46. The van der Waals surface area contributed by atoms with Gasteiger partial charge < -0.3 is 10.1 Å². The van der Waals surface area contributed by atoms with E-state index in [4.69, 9.17) is 11.6 Å². The molecule has 2 aromatic rings. The number of benzene rings is 2. The summed E-state index contributed by atoms with van der Waals surface area (Å²) in [4.78, 5) is 31.5. The lowest BCUT2D eigenvalue weighted by molar-refractivity contribution is -0.122. The van der Waals surface area contributed by atoms with E-state index in [1.54, 1.807) is 0 Å². The molecule has 0 atom stereocenters. The standard InChI is InChI=1S/C11H13NO2.C9H9ClO.CH4/c13-9-8-12-11(14)7-6-10-4-2-1-3-5-10;10-9(11)7-6-8-4-2-1-3-5-8;/h1-5,9H,6-8H2,(H,12,14);1-5H,6-7H2;1H4. The Kier molecular flexibility index (Phi) is 13.4. The maximum Gasteiger partial charge on any atom is 0.221 e. The molecule has 0 aliphatic carbocycles. The molecule has 0 spiro atoms. The highest BCUT2D eigenvalue weighted by atomic mass is 35.5. The van der Waals surface area contributed by atoms with E-state index in [9.17, 15) is 14.4 Å². The number of carbonyl (C=O) groups is 3. The fourth-order valence-electron chi connectivity index (χ4n) is 2.03. The van der Waals surface area contributed by atoms with Crippen molar-refractivity contribution in [3.8, 4) is 0 Å². The van der Waals surface area contributed by atoms with Gasteiger partial charge in [-0.2, -0.15) is 0 Å². The number of hydrogen-bond acceptors (Lipinski definition) is 3. The molecule has 4 nitrogen and oxygen atoms in total. The van der Waals surface area contributed by atoms with Crippen LogP contribution in [0.2, 0.25) is 0 Å². The predicted octanol–water partition coefficient (Wildman–Crippen LogP) is 3.96. The summed E-state index contributed by atoms with van der Waals surface area (Å²) in [5.74, 6) is -0.0825. The molecule has 2 aromatic carbocycles. The average Bonchev–Trinajstić information content (AvgIpc) is 2.65. The first-order chi connectivity index (χ1) is 12.1. The van der Waals surface area contributed by atoms with Crippen LogP contribution in [-0.2, 0) is 27.2 Å². The van der Waals surface area contributed by atoms with Crippen molar-refractivity contribution in [3.63, 3.8) is 0 Å². The van der Waals surface area contributed by atoms with Gasteiger partial charge in [0.15, 0.2) is 0 Å². The van der Waals surface area contributed by atoms with Crippen LogP contribution >= 0.6 is 11.6 Å². The molecule has 0 aromatic heterocycles. The topological polar surface area (TPSA) is 63.2 Å². The van der Waals surface area contributed by atoms with Gasteiger partial charge in [-0.25, -0.2) is 0 Å². The molecule has 2 rings (SSSR count). The van der Waals surface area contributed by atoms with Gasteiger partial charge >= 0.3 is 0 Å². The summed E-state index contributed by atoms with van der Waals surface area (Å²) in [5, 5.41) is 2.23. The molecule has 0 saturated carbocycles. The summed E-state index contributed by atoms with van der Waals surface area (Å²) in [6, 6.07) is 19.6. The molecule has 0 saturated heterocycles. The third-order valence-electron chi connectivity index (χ3n) is 3.32. The quantitative estimate of drug-likeness (QED) is 0.561. The number of aldehydes is 1. The zero-order chi connectivity index (χ0) is 18.3. The SMILES string of the molecule is C.O=C(Cl)CCc1ccccc1.O=CCNC(=O)CCc1ccccc1. The number of halogens is 1. The summed E-state index contributed by atoms with van der Waals surface area (Å²) in [7, 11) is 0. The number of amides is 1. The van der Waals surface area contributed by atoms with Crippen LogP contribution in [0.3, 0.4) is 0 Å². The molecule has 0 aliphatic heterocycles. The van der Waals surface area contributed by atoms with Gasteiger partial charge in [-0.1, -0.05) is 68.1 Å². The molecule has 0 aliphatic rings. The van der Waals surface area contributed by atoms with Crippen molar-refractivity contribution in [2.45, 2.75) is 33.1 Å². The minimum Gasteiger partial charge on any atom is -0.349 e. The Morgan fingerprint density at radius 3 is 1.73 bits per heavy atom. The number of carbonyl (C=O) groups excluding carboxylic acids is 3. The molecule has 1 amide bonds. The van der Waals surface area contributed by atoms with E-state index in [0.29, 0.717) is 25.5 Å². The fraction of sp³-hybridized carbons (Fsp3) is 0.286. The monoisotopic (exact) mass is 375 g/mol. The van der Waals surface area contributed by atoms with Gasteiger partial charge in [0.2, 0.25) is 11.1 Å². The molecular weight excluding hydrogens is 350 g/mol. The van der Waals surface area contributed by atoms with Crippen molar-refractivity contribution in [3.05, 3.63) is 71.8 Å². The number of aryl methyl sites for hydroxylation is 2. The summed E-state index contributed by atoms with van der Waals surface area (Å²) < 4.78 is 0. The fourth-order valence-corrected chi connectivity index (χ4v) is 2.13. The third-order valence-corrected chi connectivity index (χ3v) is 3.51. The predicted molar refractivity (Wildman–Crippen MR) is 106 cm³/mol. The normalized spacial score (nSPS) is 9.12. The Bertz CT molecular complexity index is 645. The van der Waals surface area contributed by atoms with Crippen molar-refractivity contribution in [1.82, 2.24) is 5.32 Å². The highest BCUT2D eigenvalue weighted by Crippen LogP contribution is 2.03. The van der Waals surface area contributed by atoms with Crippen LogP contribution in [-0.4, -0.2) is 24.0 Å². The van der Waals surface area contributed by atoms with Crippen LogP contribution in [0.25, 0.3) is 0 Å². The van der Waals surface area contributed by atoms with Gasteiger partial charge in [-0.15, -0.1) is 0 Å². The maximum atomic E-state index is 11.1. The molecule has 140 valence electrons. The molecule has 0 unspecified atom stereocenters. The summed E-state index contributed by atoms with van der Waals surface area (Å²) in [6.07, 6.45) is 2.98. The molecule has 0 radical (unpaired) electrons. The first-order valence-corrected chi connectivity index (χ1v) is 8.46. The zero-order valence-corrected chi connectivity index (χ0v) is 14.7. The van der Waals surface area contributed by atoms with Crippen LogP contribution in [0, 0.1) is 0 Å². The Balaban J connectivity index is 0.000000475. The van der Waals surface area contributed by atoms with Gasteiger partial charge in [-0.3, -0.25) is 9.59 Å². The van der Waals surface area contributed by atoms with Crippen molar-refractivity contribution < 1.29 is 14.4 Å². The lowest BCUT2D eigenvalue weighted by Crippen LogP contribution is -2.25. The summed E-state index contributed by atoms with van der Waals surface area (Å²) in [5.41, 5.74) is 2.29. The van der Waals surface area contributed by atoms with Gasteiger partial charge in [0, 0.05) is 12.8 Å². The average molecular weight is 376 g/mol. The van der Waals surface area contributed by atoms with E-state index in [-0.39, 0.29) is 25.1 Å². The summed E-state index contributed by atoms with van der Waals surface area (Å²) >= 11 is 5.19. The van der Waals surface area contributed by atoms with E-state index < -0.39 is 0 Å². The number of hydrogen-bond donors (Lipinski definition) is 1. The Morgan fingerprint density at radius 2 is 1.31 bits per heavy atom. The van der Waals surface area contributed by atoms with Gasteiger partial charge in [0.05, 0.1) is 6.54 Å². The summed E-state index contributed by atoms with van der Waals surface area (Å²) in [6.45, 7) is 0.105. The minimum atomic E-state index is -0.270. The van der Waals surface area contributed by atoms with Crippen LogP contribution < -0.4 is 5.32 Å². The molecule has 1 N–H and O–H groups in total. The van der Waals surface area contributed by atoms with E-state index in [1.165, 1.54) is 0 Å². The first-order valence-electron chi connectivity index (χ1n) is 8.08. The largest absolute Gasteiger partial charge is 0.349 e. The highest BCUT2D eigenvalue weighted by Gasteiger charge is 2.00. The first kappa shape index (κ1) is 23.5. The Labute approximate surface area is 160 Å². The lowest BCUT2D eigenvalue weighted by Gasteiger charge is -2.01. The van der Waals surface area contributed by atoms with E-state index in [2.05, 4.69) is 5.32 Å². The van der Waals surface area contributed by atoms with Crippen molar-refractivity contribution in [2.75, 3.05) is 6.54 Å². The van der Waals surface area contributed by atoms with Crippen LogP contribution in [0.5, 0.6) is 0 Å². The van der Waals surface area contributed by atoms with E-state index in [0.717, 1.165) is 17.5 Å². The van der Waals surface area contributed by atoms with Gasteiger partial charge in [0.1, 0.15) is 6.29 Å². The molecule has 0 heterocycles. The number of rotatable bonds is 8. The second-order valence-corrected chi connectivity index (χ2v) is 5.72. The zero-order valence-electron chi connectivity index (χ0n) is 14.0.